The van der Waals surface area contributed by atoms with Gasteiger partial charge in [-0.1, -0.05) is 11.6 Å². The number of hydrogen-bond donors (Lipinski definition) is 1. The van der Waals surface area contributed by atoms with Crippen molar-refractivity contribution in [3.63, 3.8) is 0 Å². The first-order valence-electron chi connectivity index (χ1n) is 6.84. The molecule has 132 valence electrons. The molecule has 0 fully saturated rings. The second kappa shape index (κ2) is 7.14. The zero-order chi connectivity index (χ0) is 18.1. The molecule has 11 heteroatoms. The third kappa shape index (κ3) is 4.10. The summed E-state index contributed by atoms with van der Waals surface area (Å²) in [4.78, 5) is 11.9. The maximum Gasteiger partial charge on any atom is 0.436 e. The third-order valence-corrected chi connectivity index (χ3v) is 4.53. The van der Waals surface area contributed by atoms with Gasteiger partial charge in [0.05, 0.1) is 40.2 Å². The molecule has 0 aliphatic rings. The van der Waals surface area contributed by atoms with E-state index in [-0.39, 0.29) is 31.1 Å². The molecule has 0 saturated carbocycles. The SMILES string of the molecule is Cc1c(Cl)c(C(F)(F)F)nn1CCC(=O)NCc1c(Br)cnn1C. The molecule has 6 nitrogen and oxygen atoms in total. The summed E-state index contributed by atoms with van der Waals surface area (Å²) in [6.45, 7) is 1.68. The molecule has 1 amide bonds. The van der Waals surface area contributed by atoms with Crippen LogP contribution in [0.3, 0.4) is 0 Å². The fourth-order valence-electron chi connectivity index (χ4n) is 2.04. The maximum atomic E-state index is 12.7. The fraction of sp³-hybridized carbons (Fsp3) is 0.462. The Labute approximate surface area is 149 Å². The summed E-state index contributed by atoms with van der Waals surface area (Å²) in [6.07, 6.45) is -3.04. The summed E-state index contributed by atoms with van der Waals surface area (Å²) in [5.74, 6) is -0.317. The van der Waals surface area contributed by atoms with Crippen molar-refractivity contribution < 1.29 is 18.0 Å². The van der Waals surface area contributed by atoms with E-state index in [2.05, 4.69) is 31.4 Å². The highest BCUT2D eigenvalue weighted by atomic mass is 79.9. The van der Waals surface area contributed by atoms with Crippen LogP contribution in [-0.4, -0.2) is 25.5 Å². The van der Waals surface area contributed by atoms with Crippen molar-refractivity contribution in [3.05, 3.63) is 32.8 Å². The summed E-state index contributed by atoms with van der Waals surface area (Å²) in [5.41, 5.74) is -0.187. The maximum absolute atomic E-state index is 12.7. The molecular formula is C13H14BrClF3N5O. The first-order chi connectivity index (χ1) is 11.1. The van der Waals surface area contributed by atoms with Crippen molar-refractivity contribution in [2.24, 2.45) is 7.05 Å². The van der Waals surface area contributed by atoms with Gasteiger partial charge in [0.2, 0.25) is 5.91 Å². The Kier molecular flexibility index (Phi) is 5.59. The Morgan fingerprint density at radius 3 is 2.62 bits per heavy atom. The Bertz CT molecular complexity index is 736. The van der Waals surface area contributed by atoms with Crippen LogP contribution in [0.2, 0.25) is 5.02 Å². The third-order valence-electron chi connectivity index (χ3n) is 3.42. The number of hydrogen-bond acceptors (Lipinski definition) is 3. The van der Waals surface area contributed by atoms with Crippen LogP contribution in [0, 0.1) is 6.92 Å². The van der Waals surface area contributed by atoms with Gasteiger partial charge in [-0.15, -0.1) is 0 Å². The highest BCUT2D eigenvalue weighted by molar-refractivity contribution is 9.10. The summed E-state index contributed by atoms with van der Waals surface area (Å²) in [6, 6.07) is 0. The molecule has 0 unspecified atom stereocenters. The van der Waals surface area contributed by atoms with Gasteiger partial charge in [-0.25, -0.2) is 0 Å². The molecule has 0 aliphatic heterocycles. The molecule has 0 spiro atoms. The van der Waals surface area contributed by atoms with Gasteiger partial charge in [-0.05, 0) is 22.9 Å². The van der Waals surface area contributed by atoms with Crippen molar-refractivity contribution in [1.29, 1.82) is 0 Å². The lowest BCUT2D eigenvalue weighted by Crippen LogP contribution is -2.25. The summed E-state index contributed by atoms with van der Waals surface area (Å²) in [7, 11) is 1.74. The highest BCUT2D eigenvalue weighted by Crippen LogP contribution is 2.35. The van der Waals surface area contributed by atoms with E-state index in [1.54, 1.807) is 17.9 Å². The van der Waals surface area contributed by atoms with Crippen molar-refractivity contribution in [3.8, 4) is 0 Å². The van der Waals surface area contributed by atoms with E-state index in [4.69, 9.17) is 11.6 Å². The van der Waals surface area contributed by atoms with Gasteiger partial charge in [0.1, 0.15) is 0 Å². The standard InChI is InChI=1S/C13H14BrClF3N5O/c1-7-11(15)12(13(16,17)18)21-23(7)4-3-10(24)19-6-9-8(14)5-20-22(9)2/h5H,3-4,6H2,1-2H3,(H,19,24). The van der Waals surface area contributed by atoms with E-state index < -0.39 is 16.9 Å². The Hall–Kier alpha value is -1.55. The van der Waals surface area contributed by atoms with E-state index in [1.807, 2.05) is 0 Å². The van der Waals surface area contributed by atoms with Gasteiger partial charge >= 0.3 is 6.18 Å². The lowest BCUT2D eigenvalue weighted by molar-refractivity contribution is -0.141. The molecule has 0 bridgehead atoms. The Morgan fingerprint density at radius 2 is 2.12 bits per heavy atom. The molecule has 0 aliphatic carbocycles. The van der Waals surface area contributed by atoms with Gasteiger partial charge in [-0.3, -0.25) is 14.2 Å². The van der Waals surface area contributed by atoms with Crippen LogP contribution in [0.1, 0.15) is 23.5 Å². The van der Waals surface area contributed by atoms with E-state index >= 15 is 0 Å². The first kappa shape index (κ1) is 18.8. The number of nitrogens with one attached hydrogen (secondary N) is 1. The number of rotatable bonds is 5. The monoisotopic (exact) mass is 427 g/mol. The predicted octanol–water partition coefficient (Wildman–Crippen LogP) is 3.07. The van der Waals surface area contributed by atoms with Crippen molar-refractivity contribution in [1.82, 2.24) is 24.9 Å². The number of aryl methyl sites for hydroxylation is 2. The second-order valence-corrected chi connectivity index (χ2v) is 6.29. The number of halogens is 5. The smallest absolute Gasteiger partial charge is 0.350 e. The second-order valence-electron chi connectivity index (χ2n) is 5.06. The summed E-state index contributed by atoms with van der Waals surface area (Å²) in [5, 5.41) is 9.71. The van der Waals surface area contributed by atoms with Crippen LogP contribution in [0.25, 0.3) is 0 Å². The van der Waals surface area contributed by atoms with Crippen molar-refractivity contribution in [2.75, 3.05) is 0 Å². The number of amides is 1. The zero-order valence-corrected chi connectivity index (χ0v) is 15.1. The van der Waals surface area contributed by atoms with E-state index in [9.17, 15) is 18.0 Å². The van der Waals surface area contributed by atoms with E-state index in [1.165, 1.54) is 6.92 Å². The van der Waals surface area contributed by atoms with Gasteiger partial charge in [0.25, 0.3) is 0 Å². The molecule has 0 atom stereocenters. The van der Waals surface area contributed by atoms with Crippen LogP contribution in [0.15, 0.2) is 10.7 Å². The normalized spacial score (nSPS) is 11.8. The van der Waals surface area contributed by atoms with E-state index in [0.717, 1.165) is 14.8 Å². The quantitative estimate of drug-likeness (QED) is 0.796. The minimum absolute atomic E-state index is 0.0000230. The van der Waals surface area contributed by atoms with Gasteiger partial charge < -0.3 is 5.32 Å². The lowest BCUT2D eigenvalue weighted by atomic mass is 10.3. The van der Waals surface area contributed by atoms with Gasteiger partial charge in [0.15, 0.2) is 5.69 Å². The predicted molar refractivity (Wildman–Crippen MR) is 84.3 cm³/mol. The molecule has 2 rings (SSSR count). The van der Waals surface area contributed by atoms with Crippen LogP contribution in [0.5, 0.6) is 0 Å². The molecule has 0 aromatic carbocycles. The molecule has 24 heavy (non-hydrogen) atoms. The van der Waals surface area contributed by atoms with Gasteiger partial charge in [-0.2, -0.15) is 23.4 Å². The molecule has 0 radical (unpaired) electrons. The molecule has 2 aromatic heterocycles. The van der Waals surface area contributed by atoms with Crippen molar-refractivity contribution >= 4 is 33.4 Å². The van der Waals surface area contributed by atoms with Crippen LogP contribution >= 0.6 is 27.5 Å². The molecule has 2 heterocycles. The minimum Gasteiger partial charge on any atom is -0.350 e. The molecule has 0 saturated heterocycles. The molecule has 2 aromatic rings. The van der Waals surface area contributed by atoms with Crippen molar-refractivity contribution in [2.45, 2.75) is 32.6 Å². The number of nitrogens with zero attached hydrogens (tertiary/aromatic N) is 4. The van der Waals surface area contributed by atoms with E-state index in [0.29, 0.717) is 0 Å². The largest absolute Gasteiger partial charge is 0.436 e. The summed E-state index contributed by atoms with van der Waals surface area (Å²) >= 11 is 8.97. The van der Waals surface area contributed by atoms with Crippen LogP contribution in [0.4, 0.5) is 13.2 Å². The minimum atomic E-state index is -4.62. The number of aromatic nitrogens is 4. The topological polar surface area (TPSA) is 64.7 Å². The Morgan fingerprint density at radius 1 is 1.46 bits per heavy atom. The molecular weight excluding hydrogens is 415 g/mol. The average molecular weight is 429 g/mol. The van der Waals surface area contributed by atoms with Crippen LogP contribution < -0.4 is 5.32 Å². The Balaban J connectivity index is 1.95. The number of carbonyl (C=O) groups is 1. The average Bonchev–Trinajstić information content (AvgIpc) is 2.96. The number of alkyl halides is 3. The van der Waals surface area contributed by atoms with Gasteiger partial charge in [0, 0.05) is 13.5 Å². The zero-order valence-electron chi connectivity index (χ0n) is 12.8. The fourth-order valence-corrected chi connectivity index (χ4v) is 2.77. The molecule has 1 N–H and O–H groups in total. The lowest BCUT2D eigenvalue weighted by Gasteiger charge is -2.07. The summed E-state index contributed by atoms with van der Waals surface area (Å²) < 4.78 is 41.7. The number of carbonyl (C=O) groups excluding carboxylic acids is 1. The first-order valence-corrected chi connectivity index (χ1v) is 8.01. The van der Waals surface area contributed by atoms with Crippen LogP contribution in [-0.2, 0) is 31.1 Å². The highest BCUT2D eigenvalue weighted by Gasteiger charge is 2.38.